The van der Waals surface area contributed by atoms with Crippen LogP contribution < -0.4 is 0 Å². The monoisotopic (exact) mass is 314 g/mol. The minimum absolute atomic E-state index is 0.123. The van der Waals surface area contributed by atoms with E-state index in [0.717, 1.165) is 17.6 Å². The summed E-state index contributed by atoms with van der Waals surface area (Å²) in [5.74, 6) is -1.00. The van der Waals surface area contributed by atoms with Crippen LogP contribution in [-0.2, 0) is 19.1 Å². The average Bonchev–Trinajstić information content (AvgIpc) is 3.06. The van der Waals surface area contributed by atoms with E-state index >= 15 is 0 Å². The fourth-order valence-electron chi connectivity index (χ4n) is 4.63. The summed E-state index contributed by atoms with van der Waals surface area (Å²) in [7, 11) is 2.63. The zero-order valence-corrected chi connectivity index (χ0v) is 13.8. The van der Waals surface area contributed by atoms with Crippen LogP contribution in [0.15, 0.2) is 36.9 Å². The summed E-state index contributed by atoms with van der Waals surface area (Å²) in [4.78, 5) is 24.8. The van der Waals surface area contributed by atoms with E-state index in [4.69, 9.17) is 9.47 Å². The Balaban J connectivity index is 1.99. The van der Waals surface area contributed by atoms with Crippen LogP contribution >= 0.6 is 0 Å². The predicted molar refractivity (Wildman–Crippen MR) is 86.3 cm³/mol. The van der Waals surface area contributed by atoms with E-state index in [-0.39, 0.29) is 10.8 Å². The lowest BCUT2D eigenvalue weighted by molar-refractivity contribution is -0.170. The summed E-state index contributed by atoms with van der Waals surface area (Å²) < 4.78 is 9.87. The third-order valence-corrected chi connectivity index (χ3v) is 5.87. The Bertz CT molecular complexity index is 662. The maximum atomic E-state index is 12.4. The molecule has 0 N–H and O–H groups in total. The van der Waals surface area contributed by atoms with Gasteiger partial charge in [-0.2, -0.15) is 0 Å². The van der Waals surface area contributed by atoms with Crippen molar-refractivity contribution in [1.82, 2.24) is 0 Å². The van der Waals surface area contributed by atoms with E-state index in [1.54, 1.807) is 0 Å². The highest BCUT2D eigenvalue weighted by molar-refractivity contribution is 6.02. The Morgan fingerprint density at radius 1 is 1.00 bits per heavy atom. The van der Waals surface area contributed by atoms with Crippen LogP contribution in [0.5, 0.6) is 0 Å². The molecule has 23 heavy (non-hydrogen) atoms. The van der Waals surface area contributed by atoms with Gasteiger partial charge < -0.3 is 9.47 Å². The predicted octanol–water partition coefficient (Wildman–Crippen LogP) is 3.22. The Morgan fingerprint density at radius 2 is 1.57 bits per heavy atom. The van der Waals surface area contributed by atoms with Crippen molar-refractivity contribution >= 4 is 17.5 Å². The van der Waals surface area contributed by atoms with Gasteiger partial charge in [0.25, 0.3) is 0 Å². The molecule has 4 heteroatoms. The van der Waals surface area contributed by atoms with Gasteiger partial charge in [-0.05, 0) is 35.8 Å². The molecule has 4 nitrogen and oxygen atoms in total. The van der Waals surface area contributed by atoms with E-state index in [2.05, 4.69) is 13.5 Å². The van der Waals surface area contributed by atoms with Crippen molar-refractivity contribution < 1.29 is 19.1 Å². The van der Waals surface area contributed by atoms with E-state index in [9.17, 15) is 9.59 Å². The van der Waals surface area contributed by atoms with Crippen LogP contribution in [0.4, 0.5) is 0 Å². The molecule has 2 aliphatic rings. The zero-order valence-electron chi connectivity index (χ0n) is 13.8. The number of hydrogen-bond donors (Lipinski definition) is 0. The van der Waals surface area contributed by atoms with Gasteiger partial charge in [0.15, 0.2) is 5.41 Å². The van der Waals surface area contributed by atoms with Crippen molar-refractivity contribution in [1.29, 1.82) is 0 Å². The maximum absolute atomic E-state index is 12.4. The number of benzene rings is 1. The minimum Gasteiger partial charge on any atom is -0.468 e. The fraction of sp³-hybridized carbons (Fsp3) is 0.474. The van der Waals surface area contributed by atoms with Crippen molar-refractivity contribution in [2.24, 2.45) is 16.2 Å². The van der Waals surface area contributed by atoms with Crippen LogP contribution in [0.1, 0.15) is 31.7 Å². The number of ether oxygens (including phenoxy) is 2. The first-order valence-electron chi connectivity index (χ1n) is 7.77. The van der Waals surface area contributed by atoms with Gasteiger partial charge in [-0.25, -0.2) is 0 Å². The first-order chi connectivity index (χ1) is 10.8. The van der Waals surface area contributed by atoms with Gasteiger partial charge in [0, 0.05) is 5.41 Å². The van der Waals surface area contributed by atoms with Gasteiger partial charge in [-0.3, -0.25) is 9.59 Å². The van der Waals surface area contributed by atoms with Crippen molar-refractivity contribution in [2.45, 2.75) is 26.2 Å². The van der Waals surface area contributed by atoms with Crippen molar-refractivity contribution in [3.05, 3.63) is 42.5 Å². The second-order valence-corrected chi connectivity index (χ2v) is 7.08. The Kier molecular flexibility index (Phi) is 3.40. The largest absolute Gasteiger partial charge is 0.468 e. The lowest BCUT2D eigenvalue weighted by Gasteiger charge is -2.27. The van der Waals surface area contributed by atoms with Gasteiger partial charge in [0.1, 0.15) is 0 Å². The third-order valence-electron chi connectivity index (χ3n) is 5.87. The molecule has 2 aliphatic carbocycles. The Labute approximate surface area is 136 Å². The zero-order chi connectivity index (χ0) is 16.9. The molecule has 1 aromatic carbocycles. The van der Waals surface area contributed by atoms with Crippen LogP contribution in [0.2, 0.25) is 0 Å². The standard InChI is InChI=1S/C19H22O4/c1-13(14-8-6-5-7-9-14)19-11-17(19,2)10-18(12-19,15(20)22-3)16(21)23-4/h5-9H,1,10-12H2,2-4H3/t17-,19-/m1/s1. The first kappa shape index (κ1) is 15.8. The van der Waals surface area contributed by atoms with Gasteiger partial charge in [-0.15, -0.1) is 0 Å². The van der Waals surface area contributed by atoms with E-state index in [1.807, 2.05) is 30.3 Å². The number of fused-ring (bicyclic) bond motifs is 1. The first-order valence-corrected chi connectivity index (χ1v) is 7.77. The van der Waals surface area contributed by atoms with Crippen LogP contribution in [0.3, 0.4) is 0 Å². The number of hydrogen-bond acceptors (Lipinski definition) is 4. The van der Waals surface area contributed by atoms with Gasteiger partial charge in [0.2, 0.25) is 0 Å². The Hall–Kier alpha value is -2.10. The SMILES string of the molecule is C=C(c1ccccc1)[C@@]12CC(C(=O)OC)(C(=O)OC)C[C@]1(C)C2. The number of methoxy groups -OCH3 is 2. The number of rotatable bonds is 4. The molecule has 0 spiro atoms. The molecule has 2 atom stereocenters. The molecule has 122 valence electrons. The number of esters is 2. The van der Waals surface area contributed by atoms with E-state index in [0.29, 0.717) is 12.8 Å². The normalized spacial score (nSPS) is 30.2. The summed E-state index contributed by atoms with van der Waals surface area (Å²) >= 11 is 0. The minimum atomic E-state index is -1.21. The summed E-state index contributed by atoms with van der Waals surface area (Å²) in [5, 5.41) is 0. The fourth-order valence-corrected chi connectivity index (χ4v) is 4.63. The molecule has 0 aromatic heterocycles. The average molecular weight is 314 g/mol. The second-order valence-electron chi connectivity index (χ2n) is 7.08. The molecule has 0 bridgehead atoms. The van der Waals surface area contributed by atoms with Crippen LogP contribution in [0.25, 0.3) is 5.57 Å². The van der Waals surface area contributed by atoms with Crippen molar-refractivity contribution in [3.8, 4) is 0 Å². The highest BCUT2D eigenvalue weighted by Crippen LogP contribution is 2.81. The second kappa shape index (κ2) is 4.95. The quantitative estimate of drug-likeness (QED) is 0.632. The number of carbonyl (C=O) groups excluding carboxylic acids is 2. The molecule has 0 unspecified atom stereocenters. The highest BCUT2D eigenvalue weighted by Gasteiger charge is 2.78. The molecule has 0 radical (unpaired) electrons. The highest BCUT2D eigenvalue weighted by atomic mass is 16.5. The summed E-state index contributed by atoms with van der Waals surface area (Å²) in [6.45, 7) is 6.42. The molecular weight excluding hydrogens is 292 g/mol. The summed E-state index contributed by atoms with van der Waals surface area (Å²) in [6, 6.07) is 9.94. The smallest absolute Gasteiger partial charge is 0.323 e. The van der Waals surface area contributed by atoms with Gasteiger partial charge >= 0.3 is 11.9 Å². The molecule has 0 aliphatic heterocycles. The molecule has 0 heterocycles. The van der Waals surface area contributed by atoms with Gasteiger partial charge in [-0.1, -0.05) is 43.8 Å². The molecule has 2 fully saturated rings. The molecule has 0 amide bonds. The van der Waals surface area contributed by atoms with Crippen molar-refractivity contribution in [3.63, 3.8) is 0 Å². The molecule has 2 saturated carbocycles. The summed E-state index contributed by atoms with van der Waals surface area (Å²) in [5.41, 5.74) is 0.477. The Morgan fingerprint density at radius 3 is 2.09 bits per heavy atom. The van der Waals surface area contributed by atoms with Crippen LogP contribution in [0, 0.1) is 16.2 Å². The van der Waals surface area contributed by atoms with E-state index < -0.39 is 17.4 Å². The summed E-state index contributed by atoms with van der Waals surface area (Å²) in [6.07, 6.45) is 1.79. The maximum Gasteiger partial charge on any atom is 0.323 e. The van der Waals surface area contributed by atoms with Crippen molar-refractivity contribution in [2.75, 3.05) is 14.2 Å². The number of carbonyl (C=O) groups is 2. The van der Waals surface area contributed by atoms with E-state index in [1.165, 1.54) is 14.2 Å². The molecule has 3 rings (SSSR count). The lowest BCUT2D eigenvalue weighted by atomic mass is 9.78. The molecular formula is C19H22O4. The molecule has 0 saturated heterocycles. The van der Waals surface area contributed by atoms with Crippen LogP contribution in [-0.4, -0.2) is 26.2 Å². The third kappa shape index (κ3) is 1.97. The lowest BCUT2D eigenvalue weighted by Crippen LogP contribution is -2.41. The topological polar surface area (TPSA) is 52.6 Å². The van der Waals surface area contributed by atoms with Gasteiger partial charge in [0.05, 0.1) is 14.2 Å². The molecule has 1 aromatic rings. The number of allylic oxidation sites excluding steroid dienone is 1.